The predicted octanol–water partition coefficient (Wildman–Crippen LogP) is 0.475. The van der Waals surface area contributed by atoms with E-state index in [2.05, 4.69) is 15.0 Å². The first-order valence-electron chi connectivity index (χ1n) is 5.99. The Morgan fingerprint density at radius 2 is 2.25 bits per heavy atom. The number of fused-ring (bicyclic) bond motifs is 1. The van der Waals surface area contributed by atoms with E-state index in [1.54, 1.807) is 6.92 Å². The van der Waals surface area contributed by atoms with Gasteiger partial charge in [0, 0.05) is 6.42 Å². The third-order valence-electron chi connectivity index (χ3n) is 2.45. The maximum atomic E-state index is 13.4. The van der Waals surface area contributed by atoms with Crippen LogP contribution in [0.15, 0.2) is 6.33 Å². The standard InChI is InChI=1S/C11H14FN5O3/c1-2-7(18)20-4-3-19-6-17-5-14-8-9(12)15-11(13)16-10(8)17/h5H,2-4,6H2,1H3,(H2,13,15,16). The number of ether oxygens (including phenoxy) is 2. The highest BCUT2D eigenvalue weighted by atomic mass is 19.1. The van der Waals surface area contributed by atoms with Crippen molar-refractivity contribution in [3.05, 3.63) is 12.3 Å². The molecule has 0 aliphatic carbocycles. The van der Waals surface area contributed by atoms with E-state index in [-0.39, 0.29) is 43.0 Å². The van der Waals surface area contributed by atoms with Crippen molar-refractivity contribution in [3.8, 4) is 0 Å². The lowest BCUT2D eigenvalue weighted by Gasteiger charge is -2.06. The van der Waals surface area contributed by atoms with Crippen LogP contribution in [-0.2, 0) is 21.0 Å². The monoisotopic (exact) mass is 283 g/mol. The van der Waals surface area contributed by atoms with Crippen LogP contribution in [0.3, 0.4) is 0 Å². The second-order valence-electron chi connectivity index (χ2n) is 3.87. The van der Waals surface area contributed by atoms with Gasteiger partial charge in [-0.25, -0.2) is 4.98 Å². The van der Waals surface area contributed by atoms with E-state index in [9.17, 15) is 9.18 Å². The average molecular weight is 283 g/mol. The van der Waals surface area contributed by atoms with Crippen LogP contribution < -0.4 is 5.73 Å². The van der Waals surface area contributed by atoms with Crippen LogP contribution in [0.2, 0.25) is 0 Å². The molecule has 0 atom stereocenters. The molecule has 20 heavy (non-hydrogen) atoms. The fraction of sp³-hybridized carbons (Fsp3) is 0.455. The molecule has 0 bridgehead atoms. The molecule has 0 saturated carbocycles. The minimum Gasteiger partial charge on any atom is -0.463 e. The molecule has 0 aliphatic heterocycles. The molecular weight excluding hydrogens is 269 g/mol. The summed E-state index contributed by atoms with van der Waals surface area (Å²) in [7, 11) is 0. The van der Waals surface area contributed by atoms with Crippen LogP contribution in [0.4, 0.5) is 10.3 Å². The quantitative estimate of drug-likeness (QED) is 0.467. The van der Waals surface area contributed by atoms with Gasteiger partial charge in [0.25, 0.3) is 0 Å². The highest BCUT2D eigenvalue weighted by molar-refractivity contribution is 5.71. The number of rotatable bonds is 6. The van der Waals surface area contributed by atoms with Gasteiger partial charge < -0.3 is 15.2 Å². The zero-order valence-electron chi connectivity index (χ0n) is 10.9. The Hall–Kier alpha value is -2.29. The highest BCUT2D eigenvalue weighted by Gasteiger charge is 2.11. The number of hydrogen-bond donors (Lipinski definition) is 1. The van der Waals surface area contributed by atoms with Crippen molar-refractivity contribution in [1.29, 1.82) is 0 Å². The Bertz CT molecular complexity index is 615. The van der Waals surface area contributed by atoms with Gasteiger partial charge in [-0.1, -0.05) is 6.92 Å². The van der Waals surface area contributed by atoms with Crippen LogP contribution >= 0.6 is 0 Å². The minimum absolute atomic E-state index is 0.0280. The van der Waals surface area contributed by atoms with Gasteiger partial charge in [-0.15, -0.1) is 0 Å². The Kier molecular flexibility index (Phi) is 4.41. The SMILES string of the molecule is CCC(=O)OCCOCn1cnc2c(F)nc(N)nc21. The van der Waals surface area contributed by atoms with Crippen LogP contribution in [0, 0.1) is 5.95 Å². The molecule has 0 radical (unpaired) electrons. The molecule has 0 amide bonds. The minimum atomic E-state index is -0.775. The second kappa shape index (κ2) is 6.24. The number of nitrogens with zero attached hydrogens (tertiary/aromatic N) is 4. The van der Waals surface area contributed by atoms with Gasteiger partial charge in [-0.2, -0.15) is 14.4 Å². The molecule has 8 nitrogen and oxygen atoms in total. The summed E-state index contributed by atoms with van der Waals surface area (Å²) in [5.41, 5.74) is 5.65. The maximum absolute atomic E-state index is 13.4. The van der Waals surface area contributed by atoms with E-state index < -0.39 is 5.95 Å². The molecular formula is C11H14FN5O3. The number of halogens is 1. The fourth-order valence-corrected chi connectivity index (χ4v) is 1.50. The summed E-state index contributed by atoms with van der Waals surface area (Å²) in [5, 5.41) is 0. The number of nitrogen functional groups attached to an aromatic ring is 1. The highest BCUT2D eigenvalue weighted by Crippen LogP contribution is 2.13. The van der Waals surface area contributed by atoms with E-state index in [0.717, 1.165) is 0 Å². The van der Waals surface area contributed by atoms with Gasteiger partial charge in [0.15, 0.2) is 11.2 Å². The molecule has 0 aliphatic rings. The molecule has 0 unspecified atom stereocenters. The smallest absolute Gasteiger partial charge is 0.305 e. The Labute approximate surface area is 113 Å². The molecule has 2 heterocycles. The normalized spacial score (nSPS) is 10.9. The number of carbonyl (C=O) groups is 1. The van der Waals surface area contributed by atoms with Crippen molar-refractivity contribution < 1.29 is 18.7 Å². The Balaban J connectivity index is 1.92. The average Bonchev–Trinajstić information content (AvgIpc) is 2.81. The number of esters is 1. The number of anilines is 1. The summed E-state index contributed by atoms with van der Waals surface area (Å²) in [4.78, 5) is 22.0. The van der Waals surface area contributed by atoms with Gasteiger partial charge in [-0.3, -0.25) is 9.36 Å². The summed E-state index contributed by atoms with van der Waals surface area (Å²) < 4.78 is 25.0. The van der Waals surface area contributed by atoms with Crippen molar-refractivity contribution >= 4 is 23.1 Å². The lowest BCUT2D eigenvalue weighted by atomic mass is 10.5. The van der Waals surface area contributed by atoms with E-state index >= 15 is 0 Å². The molecule has 2 rings (SSSR count). The van der Waals surface area contributed by atoms with Gasteiger partial charge in [-0.05, 0) is 0 Å². The fourth-order valence-electron chi connectivity index (χ4n) is 1.50. The molecule has 2 aromatic heterocycles. The zero-order valence-corrected chi connectivity index (χ0v) is 10.9. The van der Waals surface area contributed by atoms with Gasteiger partial charge in [0.2, 0.25) is 11.9 Å². The summed E-state index contributed by atoms with van der Waals surface area (Å²) >= 11 is 0. The van der Waals surface area contributed by atoms with Crippen molar-refractivity contribution in [2.45, 2.75) is 20.1 Å². The van der Waals surface area contributed by atoms with E-state index in [4.69, 9.17) is 15.2 Å². The summed E-state index contributed by atoms with van der Waals surface area (Å²) in [6, 6.07) is 0. The first kappa shape index (κ1) is 14.1. The Morgan fingerprint density at radius 1 is 1.45 bits per heavy atom. The third-order valence-corrected chi connectivity index (χ3v) is 2.45. The molecule has 0 spiro atoms. The number of aromatic nitrogens is 4. The van der Waals surface area contributed by atoms with E-state index in [1.807, 2.05) is 0 Å². The van der Waals surface area contributed by atoms with Crippen LogP contribution in [0.1, 0.15) is 13.3 Å². The lowest BCUT2D eigenvalue weighted by Crippen LogP contribution is -2.11. The number of hydrogen-bond acceptors (Lipinski definition) is 7. The third kappa shape index (κ3) is 3.18. The van der Waals surface area contributed by atoms with Crippen molar-refractivity contribution in [2.75, 3.05) is 18.9 Å². The van der Waals surface area contributed by atoms with Crippen molar-refractivity contribution in [3.63, 3.8) is 0 Å². The molecule has 9 heteroatoms. The first-order valence-corrected chi connectivity index (χ1v) is 5.99. The summed E-state index contributed by atoms with van der Waals surface area (Å²) in [5.74, 6) is -1.24. The van der Waals surface area contributed by atoms with Gasteiger partial charge in [0.05, 0.1) is 12.9 Å². The van der Waals surface area contributed by atoms with E-state index in [1.165, 1.54) is 10.9 Å². The molecule has 2 N–H and O–H groups in total. The second-order valence-corrected chi connectivity index (χ2v) is 3.87. The van der Waals surface area contributed by atoms with Crippen LogP contribution in [0.5, 0.6) is 0 Å². The molecule has 0 fully saturated rings. The molecule has 0 saturated heterocycles. The largest absolute Gasteiger partial charge is 0.463 e. The van der Waals surface area contributed by atoms with Gasteiger partial charge in [0.1, 0.15) is 13.3 Å². The maximum Gasteiger partial charge on any atom is 0.305 e. The predicted molar refractivity (Wildman–Crippen MR) is 66.9 cm³/mol. The van der Waals surface area contributed by atoms with Gasteiger partial charge >= 0.3 is 5.97 Å². The first-order chi connectivity index (χ1) is 9.61. The molecule has 2 aromatic rings. The van der Waals surface area contributed by atoms with Crippen molar-refractivity contribution in [1.82, 2.24) is 19.5 Å². The zero-order chi connectivity index (χ0) is 14.5. The number of imidazole rings is 1. The topological polar surface area (TPSA) is 105 Å². The van der Waals surface area contributed by atoms with Crippen LogP contribution in [-0.4, -0.2) is 38.7 Å². The Morgan fingerprint density at radius 3 is 3.00 bits per heavy atom. The van der Waals surface area contributed by atoms with Crippen molar-refractivity contribution in [2.24, 2.45) is 0 Å². The lowest BCUT2D eigenvalue weighted by molar-refractivity contribution is -0.145. The van der Waals surface area contributed by atoms with E-state index in [0.29, 0.717) is 6.42 Å². The van der Waals surface area contributed by atoms with Crippen LogP contribution in [0.25, 0.3) is 11.2 Å². The number of carbonyl (C=O) groups excluding carboxylic acids is 1. The summed E-state index contributed by atoms with van der Waals surface area (Å²) in [6.07, 6.45) is 1.70. The number of nitrogens with two attached hydrogens (primary N) is 1. The molecule has 0 aromatic carbocycles. The summed E-state index contributed by atoms with van der Waals surface area (Å²) in [6.45, 7) is 2.18. The molecule has 108 valence electrons.